The standard InChI is InChI=1S/C29H42N2O5S/c1-3-5-9-21-37-22-19-31(29(34)30-17-16-24-10-7-6-8-11-24)18-20-36-26-14-12-25(13-15-26)23-27(28(32)33)35-4-2/h6-8,10-15,27H,3-5,9,16-23H2,1-2H3,(H,30,34)(H,32,33). The van der Waals surface area contributed by atoms with Crippen molar-refractivity contribution in [1.29, 1.82) is 0 Å². The normalized spacial score (nSPS) is 11.6. The topological polar surface area (TPSA) is 88.1 Å². The first-order valence-corrected chi connectivity index (χ1v) is 14.4. The molecule has 0 aliphatic heterocycles. The Morgan fingerprint density at radius 2 is 1.73 bits per heavy atom. The summed E-state index contributed by atoms with van der Waals surface area (Å²) in [5.41, 5.74) is 2.07. The fourth-order valence-corrected chi connectivity index (χ4v) is 4.71. The number of carbonyl (C=O) groups excluding carboxylic acids is 1. The lowest BCUT2D eigenvalue weighted by Gasteiger charge is -2.23. The highest BCUT2D eigenvalue weighted by Gasteiger charge is 2.18. The number of carbonyl (C=O) groups is 2. The van der Waals surface area contributed by atoms with Crippen molar-refractivity contribution >= 4 is 23.8 Å². The molecule has 0 saturated heterocycles. The van der Waals surface area contributed by atoms with Gasteiger partial charge < -0.3 is 24.8 Å². The molecular weight excluding hydrogens is 488 g/mol. The van der Waals surface area contributed by atoms with Crippen LogP contribution in [0, 0.1) is 0 Å². The van der Waals surface area contributed by atoms with Crippen molar-refractivity contribution in [3.63, 3.8) is 0 Å². The molecule has 1 atom stereocenters. The van der Waals surface area contributed by atoms with Crippen LogP contribution in [0.5, 0.6) is 5.75 Å². The molecule has 2 aromatic rings. The molecule has 0 fully saturated rings. The molecule has 2 N–H and O–H groups in total. The maximum atomic E-state index is 12.9. The van der Waals surface area contributed by atoms with Crippen molar-refractivity contribution < 1.29 is 24.2 Å². The van der Waals surface area contributed by atoms with Gasteiger partial charge in [0.15, 0.2) is 6.10 Å². The van der Waals surface area contributed by atoms with Gasteiger partial charge in [-0.05, 0) is 48.8 Å². The lowest BCUT2D eigenvalue weighted by molar-refractivity contribution is -0.149. The Morgan fingerprint density at radius 1 is 0.973 bits per heavy atom. The molecule has 8 heteroatoms. The second-order valence-corrected chi connectivity index (χ2v) is 9.98. The number of rotatable bonds is 19. The highest BCUT2D eigenvalue weighted by Crippen LogP contribution is 2.15. The van der Waals surface area contributed by atoms with E-state index in [9.17, 15) is 14.7 Å². The number of unbranched alkanes of at least 4 members (excludes halogenated alkanes) is 2. The predicted octanol–water partition coefficient (Wildman–Crippen LogP) is 5.28. The van der Waals surface area contributed by atoms with E-state index < -0.39 is 12.1 Å². The van der Waals surface area contributed by atoms with Gasteiger partial charge in [0.05, 0.1) is 6.54 Å². The Morgan fingerprint density at radius 3 is 2.41 bits per heavy atom. The van der Waals surface area contributed by atoms with Crippen molar-refractivity contribution in [1.82, 2.24) is 10.2 Å². The van der Waals surface area contributed by atoms with E-state index in [2.05, 4.69) is 24.4 Å². The molecule has 0 aliphatic carbocycles. The summed E-state index contributed by atoms with van der Waals surface area (Å²) in [6.07, 6.45) is 3.90. The number of nitrogens with zero attached hydrogens (tertiary/aromatic N) is 1. The molecule has 7 nitrogen and oxygen atoms in total. The van der Waals surface area contributed by atoms with Crippen LogP contribution >= 0.6 is 11.8 Å². The summed E-state index contributed by atoms with van der Waals surface area (Å²) >= 11 is 1.89. The highest BCUT2D eigenvalue weighted by atomic mass is 32.2. The molecule has 2 aromatic carbocycles. The quantitative estimate of drug-likeness (QED) is 0.241. The summed E-state index contributed by atoms with van der Waals surface area (Å²) in [5, 5.41) is 12.3. The summed E-state index contributed by atoms with van der Waals surface area (Å²) in [6, 6.07) is 17.4. The average molecular weight is 531 g/mol. The van der Waals surface area contributed by atoms with Crippen molar-refractivity contribution in [2.45, 2.75) is 52.1 Å². The van der Waals surface area contributed by atoms with Crippen LogP contribution in [0.2, 0.25) is 0 Å². The van der Waals surface area contributed by atoms with Crippen molar-refractivity contribution in [3.05, 3.63) is 65.7 Å². The molecular formula is C29H42N2O5S. The van der Waals surface area contributed by atoms with Gasteiger partial charge >= 0.3 is 12.0 Å². The number of urea groups is 1. The number of hydrogen-bond acceptors (Lipinski definition) is 5. The van der Waals surface area contributed by atoms with Crippen LogP contribution in [0.25, 0.3) is 0 Å². The van der Waals surface area contributed by atoms with Gasteiger partial charge in [-0.2, -0.15) is 11.8 Å². The first-order valence-electron chi connectivity index (χ1n) is 13.2. The Labute approximate surface area is 225 Å². The van der Waals surface area contributed by atoms with Gasteiger partial charge in [0.1, 0.15) is 12.4 Å². The Bertz CT molecular complexity index is 895. The highest BCUT2D eigenvalue weighted by molar-refractivity contribution is 7.99. The number of aliphatic carboxylic acids is 1. The average Bonchev–Trinajstić information content (AvgIpc) is 2.90. The van der Waals surface area contributed by atoms with Crippen LogP contribution in [-0.4, -0.2) is 72.5 Å². The first-order chi connectivity index (χ1) is 18.0. The SMILES string of the molecule is CCCCCSCCN(CCOc1ccc(CC(OCC)C(=O)O)cc1)C(=O)NCCc1ccccc1. The molecule has 37 heavy (non-hydrogen) atoms. The van der Waals surface area contributed by atoms with E-state index >= 15 is 0 Å². The van der Waals surface area contributed by atoms with Crippen LogP contribution in [0.15, 0.2) is 54.6 Å². The van der Waals surface area contributed by atoms with E-state index in [-0.39, 0.29) is 6.03 Å². The molecule has 0 aromatic heterocycles. The van der Waals surface area contributed by atoms with E-state index in [4.69, 9.17) is 9.47 Å². The predicted molar refractivity (Wildman–Crippen MR) is 151 cm³/mol. The van der Waals surface area contributed by atoms with Crippen LogP contribution in [0.3, 0.4) is 0 Å². The van der Waals surface area contributed by atoms with E-state index in [0.29, 0.717) is 45.0 Å². The summed E-state index contributed by atoms with van der Waals surface area (Å²) < 4.78 is 11.2. The number of nitrogens with one attached hydrogen (secondary N) is 1. The van der Waals surface area contributed by atoms with Crippen LogP contribution in [0.4, 0.5) is 4.79 Å². The van der Waals surface area contributed by atoms with Gasteiger partial charge in [0, 0.05) is 31.9 Å². The summed E-state index contributed by atoms with van der Waals surface area (Å²) in [4.78, 5) is 26.0. The van der Waals surface area contributed by atoms with Gasteiger partial charge in [0.2, 0.25) is 0 Å². The molecule has 0 aliphatic rings. The fraction of sp³-hybridized carbons (Fsp3) is 0.517. The number of benzene rings is 2. The number of ether oxygens (including phenoxy) is 2. The molecule has 0 spiro atoms. The number of hydrogen-bond donors (Lipinski definition) is 2. The third kappa shape index (κ3) is 12.9. The minimum Gasteiger partial charge on any atom is -0.492 e. The van der Waals surface area contributed by atoms with Crippen molar-refractivity contribution in [2.75, 3.05) is 44.4 Å². The Kier molecular flexibility index (Phi) is 15.3. The largest absolute Gasteiger partial charge is 0.492 e. The number of carboxylic acid groups (broad SMARTS) is 1. The third-order valence-corrected chi connectivity index (χ3v) is 6.88. The summed E-state index contributed by atoms with van der Waals surface area (Å²) in [7, 11) is 0. The lowest BCUT2D eigenvalue weighted by Crippen LogP contribution is -2.43. The molecule has 1 unspecified atom stereocenters. The van der Waals surface area contributed by atoms with Gasteiger partial charge in [-0.3, -0.25) is 0 Å². The van der Waals surface area contributed by atoms with Crippen molar-refractivity contribution in [2.24, 2.45) is 0 Å². The monoisotopic (exact) mass is 530 g/mol. The molecule has 2 amide bonds. The Hall–Kier alpha value is -2.71. The zero-order valence-corrected chi connectivity index (χ0v) is 23.0. The third-order valence-electron chi connectivity index (χ3n) is 5.84. The summed E-state index contributed by atoms with van der Waals surface area (Å²) in [6.45, 7) is 6.46. The molecule has 0 heterocycles. The second kappa shape index (κ2) is 18.5. The van der Waals surface area contributed by atoms with Crippen LogP contribution in [-0.2, 0) is 22.4 Å². The van der Waals surface area contributed by atoms with Crippen LogP contribution in [0.1, 0.15) is 44.2 Å². The van der Waals surface area contributed by atoms with Gasteiger partial charge in [-0.15, -0.1) is 0 Å². The minimum absolute atomic E-state index is 0.0697. The number of amides is 2. The number of carboxylic acids is 1. The maximum absolute atomic E-state index is 12.9. The first kappa shape index (κ1) is 30.5. The second-order valence-electron chi connectivity index (χ2n) is 8.75. The van der Waals surface area contributed by atoms with E-state index in [1.807, 2.05) is 59.1 Å². The van der Waals surface area contributed by atoms with E-state index in [1.165, 1.54) is 24.8 Å². The van der Waals surface area contributed by atoms with Crippen LogP contribution < -0.4 is 10.1 Å². The minimum atomic E-state index is -0.965. The lowest BCUT2D eigenvalue weighted by atomic mass is 10.1. The van der Waals surface area contributed by atoms with Crippen molar-refractivity contribution in [3.8, 4) is 5.75 Å². The van der Waals surface area contributed by atoms with Gasteiger partial charge in [-0.1, -0.05) is 62.2 Å². The fourth-order valence-electron chi connectivity index (χ4n) is 3.74. The smallest absolute Gasteiger partial charge is 0.333 e. The van der Waals surface area contributed by atoms with E-state index in [0.717, 1.165) is 23.5 Å². The summed E-state index contributed by atoms with van der Waals surface area (Å²) in [5.74, 6) is 1.74. The molecule has 204 valence electrons. The van der Waals surface area contributed by atoms with E-state index in [1.54, 1.807) is 6.92 Å². The maximum Gasteiger partial charge on any atom is 0.333 e. The molecule has 0 saturated carbocycles. The van der Waals surface area contributed by atoms with Gasteiger partial charge in [0.25, 0.3) is 0 Å². The van der Waals surface area contributed by atoms with Gasteiger partial charge in [-0.25, -0.2) is 9.59 Å². The molecule has 2 rings (SSSR count). The molecule has 0 bridgehead atoms. The zero-order chi connectivity index (χ0) is 26.7. The Balaban J connectivity index is 1.82. The zero-order valence-electron chi connectivity index (χ0n) is 22.2. The number of thioether (sulfide) groups is 1. The molecule has 0 radical (unpaired) electrons.